The van der Waals surface area contributed by atoms with Crippen molar-refractivity contribution in [2.75, 3.05) is 0 Å². The zero-order valence-corrected chi connectivity index (χ0v) is 10.2. The molecule has 1 aromatic rings. The maximum Gasteiger partial charge on any atom is 0.0351 e. The van der Waals surface area contributed by atoms with E-state index in [0.717, 1.165) is 19.3 Å². The first-order chi connectivity index (χ1) is 7.20. The molecule has 0 saturated carbocycles. The van der Waals surface area contributed by atoms with Crippen molar-refractivity contribution < 1.29 is 0 Å². The molecule has 0 heterocycles. The molecule has 1 atom stereocenters. The van der Waals surface area contributed by atoms with Gasteiger partial charge in [0, 0.05) is 6.04 Å². The highest BCUT2D eigenvalue weighted by Gasteiger charge is 2.32. The SMILES string of the molecule is CCC(CC)(CC)C(N)c1ccccc1. The van der Waals surface area contributed by atoms with Gasteiger partial charge in [-0.3, -0.25) is 0 Å². The number of hydrogen-bond donors (Lipinski definition) is 1. The van der Waals surface area contributed by atoms with Gasteiger partial charge in [-0.05, 0) is 30.2 Å². The Hall–Kier alpha value is -0.820. The Morgan fingerprint density at radius 3 is 1.87 bits per heavy atom. The monoisotopic (exact) mass is 205 g/mol. The second-order valence-electron chi connectivity index (χ2n) is 4.31. The van der Waals surface area contributed by atoms with Gasteiger partial charge in [0.25, 0.3) is 0 Å². The zero-order chi connectivity index (χ0) is 11.3. The molecule has 0 fully saturated rings. The summed E-state index contributed by atoms with van der Waals surface area (Å²) in [5, 5.41) is 0. The van der Waals surface area contributed by atoms with Crippen LogP contribution in [0.25, 0.3) is 0 Å². The maximum absolute atomic E-state index is 6.41. The Labute approximate surface area is 93.7 Å². The van der Waals surface area contributed by atoms with Crippen molar-refractivity contribution in [1.29, 1.82) is 0 Å². The molecule has 0 amide bonds. The van der Waals surface area contributed by atoms with Crippen molar-refractivity contribution in [1.82, 2.24) is 0 Å². The van der Waals surface area contributed by atoms with E-state index >= 15 is 0 Å². The van der Waals surface area contributed by atoms with Crippen molar-refractivity contribution in [3.63, 3.8) is 0 Å². The third-order valence-electron chi connectivity index (χ3n) is 3.93. The standard InChI is InChI=1S/C14H23N/c1-4-14(5-2,6-3)13(15)12-10-8-7-9-11-12/h7-11,13H,4-6,15H2,1-3H3. The minimum atomic E-state index is 0.165. The number of nitrogens with two attached hydrogens (primary N) is 1. The van der Waals surface area contributed by atoms with Gasteiger partial charge in [-0.25, -0.2) is 0 Å². The lowest BCUT2D eigenvalue weighted by atomic mass is 9.71. The Morgan fingerprint density at radius 2 is 1.47 bits per heavy atom. The van der Waals surface area contributed by atoms with Crippen molar-refractivity contribution in [2.45, 2.75) is 46.1 Å². The quantitative estimate of drug-likeness (QED) is 0.775. The van der Waals surface area contributed by atoms with Gasteiger partial charge >= 0.3 is 0 Å². The topological polar surface area (TPSA) is 26.0 Å². The average Bonchev–Trinajstić information content (AvgIpc) is 2.33. The van der Waals surface area contributed by atoms with Crippen LogP contribution in [0.3, 0.4) is 0 Å². The molecule has 0 radical (unpaired) electrons. The Balaban J connectivity index is 2.95. The van der Waals surface area contributed by atoms with E-state index in [-0.39, 0.29) is 11.5 Å². The summed E-state index contributed by atoms with van der Waals surface area (Å²) >= 11 is 0. The number of rotatable bonds is 5. The third kappa shape index (κ3) is 2.40. The van der Waals surface area contributed by atoms with Crippen LogP contribution in [-0.2, 0) is 0 Å². The fraction of sp³-hybridized carbons (Fsp3) is 0.571. The van der Waals surface area contributed by atoms with Crippen molar-refractivity contribution in [3.05, 3.63) is 35.9 Å². The predicted molar refractivity (Wildman–Crippen MR) is 66.7 cm³/mol. The Kier molecular flexibility index (Phi) is 4.34. The predicted octanol–water partition coefficient (Wildman–Crippen LogP) is 3.90. The highest BCUT2D eigenvalue weighted by molar-refractivity contribution is 5.20. The first-order valence-electron chi connectivity index (χ1n) is 6.00. The lowest BCUT2D eigenvalue weighted by Crippen LogP contribution is -2.33. The highest BCUT2D eigenvalue weighted by atomic mass is 14.7. The molecule has 0 aliphatic carbocycles. The van der Waals surface area contributed by atoms with Crippen molar-refractivity contribution in [2.24, 2.45) is 11.1 Å². The fourth-order valence-electron chi connectivity index (χ4n) is 2.42. The van der Waals surface area contributed by atoms with Gasteiger partial charge in [-0.2, -0.15) is 0 Å². The summed E-state index contributed by atoms with van der Waals surface area (Å²) in [6, 6.07) is 10.6. The summed E-state index contributed by atoms with van der Waals surface area (Å²) < 4.78 is 0. The van der Waals surface area contributed by atoms with E-state index in [1.54, 1.807) is 0 Å². The molecular formula is C14H23N. The van der Waals surface area contributed by atoms with Crippen LogP contribution in [0.2, 0.25) is 0 Å². The molecule has 0 aromatic heterocycles. The molecule has 1 rings (SSSR count). The van der Waals surface area contributed by atoms with E-state index < -0.39 is 0 Å². The zero-order valence-electron chi connectivity index (χ0n) is 10.2. The Bertz CT molecular complexity index is 266. The van der Waals surface area contributed by atoms with Gasteiger partial charge in [0.2, 0.25) is 0 Å². The van der Waals surface area contributed by atoms with Gasteiger partial charge in [0.05, 0.1) is 0 Å². The van der Waals surface area contributed by atoms with Crippen LogP contribution in [0.4, 0.5) is 0 Å². The molecule has 1 heteroatoms. The molecule has 1 aromatic carbocycles. The maximum atomic E-state index is 6.41. The van der Waals surface area contributed by atoms with Gasteiger partial charge in [0.1, 0.15) is 0 Å². The summed E-state index contributed by atoms with van der Waals surface area (Å²) in [4.78, 5) is 0. The molecule has 1 nitrogen and oxygen atoms in total. The van der Waals surface area contributed by atoms with Gasteiger partial charge in [-0.1, -0.05) is 51.1 Å². The van der Waals surface area contributed by atoms with E-state index in [1.807, 2.05) is 6.07 Å². The van der Waals surface area contributed by atoms with E-state index in [1.165, 1.54) is 5.56 Å². The summed E-state index contributed by atoms with van der Waals surface area (Å²) in [5.41, 5.74) is 7.94. The van der Waals surface area contributed by atoms with Crippen LogP contribution >= 0.6 is 0 Å². The number of benzene rings is 1. The van der Waals surface area contributed by atoms with Gasteiger partial charge in [-0.15, -0.1) is 0 Å². The lowest BCUT2D eigenvalue weighted by Gasteiger charge is -2.37. The molecule has 0 saturated heterocycles. The van der Waals surface area contributed by atoms with Crippen molar-refractivity contribution in [3.8, 4) is 0 Å². The van der Waals surface area contributed by atoms with Gasteiger partial charge in [0.15, 0.2) is 0 Å². The van der Waals surface area contributed by atoms with Crippen molar-refractivity contribution >= 4 is 0 Å². The van der Waals surface area contributed by atoms with Crippen LogP contribution in [0.5, 0.6) is 0 Å². The van der Waals surface area contributed by atoms with E-state index in [0.29, 0.717) is 0 Å². The summed E-state index contributed by atoms with van der Waals surface area (Å²) in [6.45, 7) is 6.74. The third-order valence-corrected chi connectivity index (χ3v) is 3.93. The first kappa shape index (κ1) is 12.3. The highest BCUT2D eigenvalue weighted by Crippen LogP contribution is 2.41. The van der Waals surface area contributed by atoms with Crippen LogP contribution in [0.1, 0.15) is 51.6 Å². The minimum Gasteiger partial charge on any atom is -0.323 e. The minimum absolute atomic E-state index is 0.165. The molecule has 0 bridgehead atoms. The van der Waals surface area contributed by atoms with E-state index in [2.05, 4.69) is 45.0 Å². The second-order valence-corrected chi connectivity index (χ2v) is 4.31. The largest absolute Gasteiger partial charge is 0.323 e. The van der Waals surface area contributed by atoms with E-state index in [9.17, 15) is 0 Å². The molecular weight excluding hydrogens is 182 g/mol. The number of hydrogen-bond acceptors (Lipinski definition) is 1. The average molecular weight is 205 g/mol. The molecule has 0 aliphatic heterocycles. The van der Waals surface area contributed by atoms with Crippen LogP contribution < -0.4 is 5.73 Å². The smallest absolute Gasteiger partial charge is 0.0351 e. The van der Waals surface area contributed by atoms with Crippen LogP contribution in [0, 0.1) is 5.41 Å². The molecule has 15 heavy (non-hydrogen) atoms. The molecule has 1 unspecified atom stereocenters. The first-order valence-corrected chi connectivity index (χ1v) is 6.00. The van der Waals surface area contributed by atoms with Crippen LogP contribution in [0.15, 0.2) is 30.3 Å². The fourth-order valence-corrected chi connectivity index (χ4v) is 2.42. The normalized spacial score (nSPS) is 13.9. The molecule has 84 valence electrons. The summed E-state index contributed by atoms with van der Waals surface area (Å²) in [5.74, 6) is 0. The van der Waals surface area contributed by atoms with Gasteiger partial charge < -0.3 is 5.73 Å². The van der Waals surface area contributed by atoms with Crippen LogP contribution in [-0.4, -0.2) is 0 Å². The summed E-state index contributed by atoms with van der Waals surface area (Å²) in [6.07, 6.45) is 3.45. The Morgan fingerprint density at radius 1 is 1.00 bits per heavy atom. The second kappa shape index (κ2) is 5.32. The molecule has 0 spiro atoms. The molecule has 2 N–H and O–H groups in total. The lowest BCUT2D eigenvalue weighted by molar-refractivity contribution is 0.194. The summed E-state index contributed by atoms with van der Waals surface area (Å²) in [7, 11) is 0. The molecule has 0 aliphatic rings. The van der Waals surface area contributed by atoms with E-state index in [4.69, 9.17) is 5.73 Å².